The second kappa shape index (κ2) is 6.93. The predicted molar refractivity (Wildman–Crippen MR) is 80.5 cm³/mol. The molecule has 0 aromatic heterocycles. The smallest absolute Gasteiger partial charge is 0.387 e. The second-order valence-electron chi connectivity index (χ2n) is 4.59. The first-order valence-electron chi connectivity index (χ1n) is 6.67. The molecule has 1 fully saturated rings. The molecule has 1 aromatic rings. The Morgan fingerprint density at radius 3 is 2.95 bits per heavy atom. The van der Waals surface area contributed by atoms with Crippen LogP contribution in [0.25, 0.3) is 0 Å². The minimum atomic E-state index is -2.80. The molecule has 21 heavy (non-hydrogen) atoms. The van der Waals surface area contributed by atoms with Crippen LogP contribution in [-0.4, -0.2) is 32.7 Å². The van der Waals surface area contributed by atoms with Crippen LogP contribution in [-0.2, 0) is 9.47 Å². The molecule has 0 atom stereocenters. The van der Waals surface area contributed by atoms with Crippen LogP contribution in [0.2, 0.25) is 0 Å². The predicted octanol–water partition coefficient (Wildman–Crippen LogP) is 3.50. The van der Waals surface area contributed by atoms with Gasteiger partial charge < -0.3 is 14.2 Å². The first-order chi connectivity index (χ1) is 10.2. The van der Waals surface area contributed by atoms with Gasteiger partial charge in [0.1, 0.15) is 5.75 Å². The van der Waals surface area contributed by atoms with Gasteiger partial charge in [-0.3, -0.25) is 5.01 Å². The molecule has 2 heterocycles. The van der Waals surface area contributed by atoms with Gasteiger partial charge in [-0.05, 0) is 24.6 Å². The van der Waals surface area contributed by atoms with Gasteiger partial charge in [0.15, 0.2) is 6.29 Å². The summed E-state index contributed by atoms with van der Waals surface area (Å²) in [6.07, 6.45) is 1.51. The van der Waals surface area contributed by atoms with Gasteiger partial charge in [0.05, 0.1) is 43.5 Å². The molecule has 2 aliphatic heterocycles. The van der Waals surface area contributed by atoms with Crippen LogP contribution in [0, 0.1) is 3.57 Å². The Kier molecular flexibility index (Phi) is 4.96. The molecule has 0 aliphatic carbocycles. The molecule has 0 saturated carbocycles. The Morgan fingerprint density at radius 2 is 2.19 bits per heavy atom. The SMILES string of the molecule is FC(F)Oc1ccc2c(c1)I=NN2CCC1OCCCO1. The van der Waals surface area contributed by atoms with Crippen LogP contribution in [0.5, 0.6) is 5.75 Å². The fraction of sp³-hybridized carbons (Fsp3) is 0.538. The van der Waals surface area contributed by atoms with Crippen LogP contribution in [0.1, 0.15) is 12.8 Å². The topological polar surface area (TPSA) is 43.3 Å². The second-order valence-corrected chi connectivity index (χ2v) is 6.66. The summed E-state index contributed by atoms with van der Waals surface area (Å²) in [5, 5.41) is 1.91. The van der Waals surface area contributed by atoms with E-state index in [1.54, 1.807) is 18.2 Å². The molecule has 2 aliphatic rings. The Labute approximate surface area is 131 Å². The summed E-state index contributed by atoms with van der Waals surface area (Å²) in [6, 6.07) is 4.99. The number of hydrogen-bond donors (Lipinski definition) is 0. The van der Waals surface area contributed by atoms with E-state index in [1.807, 2.05) is 5.01 Å². The standard InChI is InChI=1S/C13H15F2IN2O3/c14-13(15)21-9-2-3-11-10(8-9)16-17-18(11)5-4-12-19-6-1-7-20-12/h2-3,8,12-13H,1,4-7H2. The zero-order chi connectivity index (χ0) is 14.7. The summed E-state index contributed by atoms with van der Waals surface area (Å²) in [5.74, 6) is 0.194. The number of halogens is 3. The van der Waals surface area contributed by atoms with Gasteiger partial charge in [0.2, 0.25) is 0 Å². The lowest BCUT2D eigenvalue weighted by molar-refractivity contribution is -0.179. The van der Waals surface area contributed by atoms with Crippen LogP contribution in [0.4, 0.5) is 14.5 Å². The van der Waals surface area contributed by atoms with Crippen molar-refractivity contribution in [1.29, 1.82) is 0 Å². The fourth-order valence-electron chi connectivity index (χ4n) is 2.16. The molecule has 8 heteroatoms. The first kappa shape index (κ1) is 15.0. The van der Waals surface area contributed by atoms with E-state index in [9.17, 15) is 8.78 Å². The highest BCUT2D eigenvalue weighted by molar-refractivity contribution is 14.2. The summed E-state index contributed by atoms with van der Waals surface area (Å²) in [6.45, 7) is -0.623. The van der Waals surface area contributed by atoms with Crippen molar-refractivity contribution in [1.82, 2.24) is 0 Å². The van der Waals surface area contributed by atoms with Crippen molar-refractivity contribution in [3.8, 4) is 5.75 Å². The van der Waals surface area contributed by atoms with E-state index < -0.39 is 27.6 Å². The van der Waals surface area contributed by atoms with Crippen molar-refractivity contribution in [2.75, 3.05) is 24.8 Å². The molecule has 1 aromatic carbocycles. The molecular weight excluding hydrogens is 397 g/mol. The Hall–Kier alpha value is -0.870. The molecule has 116 valence electrons. The molecule has 0 unspecified atom stereocenters. The lowest BCUT2D eigenvalue weighted by atomic mass is 10.2. The number of nitrogens with zero attached hydrogens (tertiary/aromatic N) is 2. The Bertz CT molecular complexity index is 524. The number of alkyl halides is 2. The van der Waals surface area contributed by atoms with Crippen molar-refractivity contribution in [2.45, 2.75) is 25.7 Å². The summed E-state index contributed by atoms with van der Waals surface area (Å²) < 4.78 is 45.3. The lowest BCUT2D eigenvalue weighted by Gasteiger charge is -2.25. The van der Waals surface area contributed by atoms with Gasteiger partial charge in [-0.15, -0.1) is 3.25 Å². The van der Waals surface area contributed by atoms with Crippen LogP contribution < -0.4 is 9.75 Å². The molecule has 0 radical (unpaired) electrons. The first-order valence-corrected chi connectivity index (χ1v) is 8.71. The van der Waals surface area contributed by atoms with Crippen molar-refractivity contribution in [2.24, 2.45) is 3.25 Å². The molecule has 0 bridgehead atoms. The minimum absolute atomic E-state index is 0.169. The van der Waals surface area contributed by atoms with Crippen LogP contribution >= 0.6 is 21.0 Å². The summed E-state index contributed by atoms with van der Waals surface area (Å²) in [4.78, 5) is 0. The van der Waals surface area contributed by atoms with Gasteiger partial charge in [0.25, 0.3) is 0 Å². The highest BCUT2D eigenvalue weighted by Crippen LogP contribution is 2.37. The van der Waals surface area contributed by atoms with Gasteiger partial charge in [0, 0.05) is 13.0 Å². The summed E-state index contributed by atoms with van der Waals surface area (Å²) in [7, 11) is 0. The molecular formula is C13H15F2IN2O3. The van der Waals surface area contributed by atoms with Crippen LogP contribution in [0.3, 0.4) is 0 Å². The molecule has 0 N–H and O–H groups in total. The van der Waals surface area contributed by atoms with Gasteiger partial charge in [-0.2, -0.15) is 8.78 Å². The molecule has 0 amide bonds. The van der Waals surface area contributed by atoms with E-state index in [1.165, 1.54) is 0 Å². The fourth-order valence-corrected chi connectivity index (χ4v) is 4.25. The summed E-state index contributed by atoms with van der Waals surface area (Å²) in [5.41, 5.74) is 0.972. The Balaban J connectivity index is 1.60. The van der Waals surface area contributed by atoms with Crippen LogP contribution in [0.15, 0.2) is 21.5 Å². The third-order valence-corrected chi connectivity index (χ3v) is 5.24. The zero-order valence-electron chi connectivity index (χ0n) is 11.2. The van der Waals surface area contributed by atoms with E-state index in [4.69, 9.17) is 9.47 Å². The number of rotatable bonds is 5. The van der Waals surface area contributed by atoms with E-state index in [-0.39, 0.29) is 12.0 Å². The lowest BCUT2D eigenvalue weighted by Crippen LogP contribution is -2.29. The van der Waals surface area contributed by atoms with Crippen molar-refractivity contribution in [3.05, 3.63) is 21.8 Å². The quantitative estimate of drug-likeness (QED) is 0.695. The normalized spacial score (nSPS) is 18.7. The summed E-state index contributed by atoms with van der Waals surface area (Å²) >= 11 is -0.547. The van der Waals surface area contributed by atoms with E-state index >= 15 is 0 Å². The maximum Gasteiger partial charge on any atom is 0.387 e. The van der Waals surface area contributed by atoms with Gasteiger partial charge in [-0.1, -0.05) is 0 Å². The maximum absolute atomic E-state index is 12.2. The average Bonchev–Trinajstić information content (AvgIpc) is 2.88. The maximum atomic E-state index is 12.2. The highest BCUT2D eigenvalue weighted by atomic mass is 127. The number of hydrogen-bond acceptors (Lipinski definition) is 5. The van der Waals surface area contributed by atoms with E-state index in [0.717, 1.165) is 35.3 Å². The number of benzene rings is 1. The molecule has 5 nitrogen and oxygen atoms in total. The molecule has 3 rings (SSSR count). The average molecular weight is 412 g/mol. The largest absolute Gasteiger partial charge is 0.435 e. The van der Waals surface area contributed by atoms with Crippen molar-refractivity contribution in [3.63, 3.8) is 0 Å². The van der Waals surface area contributed by atoms with E-state index in [0.29, 0.717) is 6.54 Å². The van der Waals surface area contributed by atoms with Crippen molar-refractivity contribution < 1.29 is 23.0 Å². The Morgan fingerprint density at radius 1 is 1.38 bits per heavy atom. The number of anilines is 1. The monoisotopic (exact) mass is 412 g/mol. The van der Waals surface area contributed by atoms with Crippen molar-refractivity contribution >= 4 is 26.7 Å². The minimum Gasteiger partial charge on any atom is -0.435 e. The van der Waals surface area contributed by atoms with E-state index in [2.05, 4.69) is 7.99 Å². The van der Waals surface area contributed by atoms with Gasteiger partial charge >= 0.3 is 6.61 Å². The molecule has 1 saturated heterocycles. The van der Waals surface area contributed by atoms with Gasteiger partial charge in [-0.25, -0.2) is 0 Å². The zero-order valence-corrected chi connectivity index (χ0v) is 13.3. The number of fused-ring (bicyclic) bond motifs is 1. The highest BCUT2D eigenvalue weighted by Gasteiger charge is 2.21. The third-order valence-electron chi connectivity index (χ3n) is 3.12. The number of ether oxygens (including phenoxy) is 3. The molecule has 0 spiro atoms. The third kappa shape index (κ3) is 3.86.